The molecule has 1 aliphatic rings. The molecule has 1 fully saturated rings. The SMILES string of the molecule is CNc1cc(-c2nc3ccccc3[nH]2)[nH]n1.CO.O=Cc1ccc(N2CCCC2)cc1. The van der Waals surface area contributed by atoms with Crippen LogP contribution in [0.4, 0.5) is 11.5 Å². The topological polar surface area (TPSA) is 110 Å². The van der Waals surface area contributed by atoms with E-state index in [1.54, 1.807) is 0 Å². The van der Waals surface area contributed by atoms with Crippen molar-refractivity contribution in [1.82, 2.24) is 20.2 Å². The molecule has 162 valence electrons. The van der Waals surface area contributed by atoms with Crippen LogP contribution >= 0.6 is 0 Å². The minimum atomic E-state index is 0.753. The molecule has 0 saturated carbocycles. The van der Waals surface area contributed by atoms with Crippen molar-refractivity contribution in [2.75, 3.05) is 37.5 Å². The first kappa shape index (κ1) is 22.0. The molecular formula is C23H28N6O2. The number of aromatic nitrogens is 4. The summed E-state index contributed by atoms with van der Waals surface area (Å²) in [6, 6.07) is 17.6. The van der Waals surface area contributed by atoms with Crippen molar-refractivity contribution in [2.24, 2.45) is 0 Å². The number of nitrogens with one attached hydrogen (secondary N) is 3. The Morgan fingerprint density at radius 3 is 2.39 bits per heavy atom. The second-order valence-corrected chi connectivity index (χ2v) is 6.92. The average Bonchev–Trinajstić information content (AvgIpc) is 3.61. The molecule has 3 heterocycles. The molecule has 0 amide bonds. The molecule has 4 N–H and O–H groups in total. The number of para-hydroxylation sites is 2. The van der Waals surface area contributed by atoms with Gasteiger partial charge in [0.25, 0.3) is 0 Å². The van der Waals surface area contributed by atoms with Gasteiger partial charge in [-0.2, -0.15) is 5.10 Å². The maximum atomic E-state index is 10.4. The first-order chi connectivity index (χ1) is 15.3. The van der Waals surface area contributed by atoms with Gasteiger partial charge in [0.2, 0.25) is 0 Å². The molecule has 8 nitrogen and oxygen atoms in total. The highest BCUT2D eigenvalue weighted by Gasteiger charge is 2.11. The Kier molecular flexibility index (Phi) is 7.78. The van der Waals surface area contributed by atoms with E-state index in [9.17, 15) is 4.79 Å². The molecule has 2 aromatic carbocycles. The molecule has 0 unspecified atom stereocenters. The quantitative estimate of drug-likeness (QED) is 0.375. The number of aldehydes is 1. The van der Waals surface area contributed by atoms with Crippen molar-refractivity contribution in [3.63, 3.8) is 0 Å². The van der Waals surface area contributed by atoms with E-state index >= 15 is 0 Å². The van der Waals surface area contributed by atoms with Crippen LogP contribution in [0.15, 0.2) is 54.6 Å². The molecule has 0 radical (unpaired) electrons. The third kappa shape index (κ3) is 5.49. The second kappa shape index (κ2) is 10.9. The monoisotopic (exact) mass is 420 g/mol. The van der Waals surface area contributed by atoms with Crippen molar-refractivity contribution in [3.05, 3.63) is 60.2 Å². The van der Waals surface area contributed by atoms with Crippen LogP contribution in [-0.4, -0.2) is 58.8 Å². The van der Waals surface area contributed by atoms with Crippen LogP contribution < -0.4 is 10.2 Å². The molecule has 1 aliphatic heterocycles. The van der Waals surface area contributed by atoms with Crippen LogP contribution in [0.1, 0.15) is 23.2 Å². The Bertz CT molecular complexity index is 1050. The fraction of sp³-hybridized carbons (Fsp3) is 0.261. The van der Waals surface area contributed by atoms with Crippen LogP contribution in [0.2, 0.25) is 0 Å². The summed E-state index contributed by atoms with van der Waals surface area (Å²) in [4.78, 5) is 20.5. The smallest absolute Gasteiger partial charge is 0.156 e. The normalized spacial score (nSPS) is 12.5. The van der Waals surface area contributed by atoms with Crippen molar-refractivity contribution < 1.29 is 9.90 Å². The van der Waals surface area contributed by atoms with Gasteiger partial charge >= 0.3 is 0 Å². The molecule has 1 saturated heterocycles. The molecule has 0 atom stereocenters. The Hall–Kier alpha value is -3.65. The Morgan fingerprint density at radius 1 is 1.06 bits per heavy atom. The van der Waals surface area contributed by atoms with Gasteiger partial charge in [-0.3, -0.25) is 9.89 Å². The fourth-order valence-electron chi connectivity index (χ4n) is 3.39. The average molecular weight is 421 g/mol. The summed E-state index contributed by atoms with van der Waals surface area (Å²) < 4.78 is 0. The fourth-order valence-corrected chi connectivity index (χ4v) is 3.39. The van der Waals surface area contributed by atoms with Crippen LogP contribution in [-0.2, 0) is 0 Å². The van der Waals surface area contributed by atoms with Gasteiger partial charge in [-0.05, 0) is 49.2 Å². The zero-order valence-corrected chi connectivity index (χ0v) is 17.8. The summed E-state index contributed by atoms with van der Waals surface area (Å²) in [5.74, 6) is 1.60. The molecule has 0 bridgehead atoms. The molecule has 31 heavy (non-hydrogen) atoms. The first-order valence-corrected chi connectivity index (χ1v) is 10.2. The highest BCUT2D eigenvalue weighted by Crippen LogP contribution is 2.21. The highest BCUT2D eigenvalue weighted by atomic mass is 16.2. The largest absolute Gasteiger partial charge is 0.400 e. The number of H-pyrrole nitrogens is 2. The van der Waals surface area contributed by atoms with E-state index < -0.39 is 0 Å². The molecule has 8 heteroatoms. The Labute approximate surface area is 181 Å². The van der Waals surface area contributed by atoms with Gasteiger partial charge in [-0.25, -0.2) is 4.98 Å². The van der Waals surface area contributed by atoms with Gasteiger partial charge in [0.05, 0.1) is 11.0 Å². The number of nitrogens with zero attached hydrogens (tertiary/aromatic N) is 3. The molecular weight excluding hydrogens is 392 g/mol. The minimum absolute atomic E-state index is 0.753. The van der Waals surface area contributed by atoms with Gasteiger partial charge in [0, 0.05) is 44.6 Å². The molecule has 5 rings (SSSR count). The number of hydrogen-bond donors (Lipinski definition) is 4. The summed E-state index contributed by atoms with van der Waals surface area (Å²) in [5, 5.41) is 17.0. The van der Waals surface area contributed by atoms with Crippen LogP contribution in [0.5, 0.6) is 0 Å². The third-order valence-corrected chi connectivity index (χ3v) is 4.98. The van der Waals surface area contributed by atoms with Crippen molar-refractivity contribution in [2.45, 2.75) is 12.8 Å². The lowest BCUT2D eigenvalue weighted by Crippen LogP contribution is -2.17. The number of benzene rings is 2. The predicted molar refractivity (Wildman–Crippen MR) is 125 cm³/mol. The lowest BCUT2D eigenvalue weighted by atomic mass is 10.2. The Balaban J connectivity index is 0.000000166. The van der Waals surface area contributed by atoms with E-state index in [1.807, 2.05) is 61.6 Å². The van der Waals surface area contributed by atoms with Gasteiger partial charge in [-0.1, -0.05) is 12.1 Å². The predicted octanol–water partition coefficient (Wildman–Crippen LogP) is 3.70. The number of anilines is 2. The summed E-state index contributed by atoms with van der Waals surface area (Å²) in [6.45, 7) is 2.31. The number of rotatable bonds is 4. The zero-order valence-electron chi connectivity index (χ0n) is 17.8. The number of carbonyl (C=O) groups is 1. The number of imidazole rings is 1. The van der Waals surface area contributed by atoms with Crippen LogP contribution in [0, 0.1) is 0 Å². The van der Waals surface area contributed by atoms with E-state index in [0.29, 0.717) is 0 Å². The van der Waals surface area contributed by atoms with Gasteiger partial charge < -0.3 is 20.3 Å². The number of fused-ring (bicyclic) bond motifs is 1. The molecule has 2 aromatic heterocycles. The van der Waals surface area contributed by atoms with Gasteiger partial charge in [0.1, 0.15) is 17.8 Å². The second-order valence-electron chi connectivity index (χ2n) is 6.92. The van der Waals surface area contributed by atoms with E-state index in [1.165, 1.54) is 18.5 Å². The van der Waals surface area contributed by atoms with E-state index in [4.69, 9.17) is 5.11 Å². The lowest BCUT2D eigenvalue weighted by molar-refractivity contribution is 0.112. The number of aromatic amines is 2. The summed E-state index contributed by atoms with van der Waals surface area (Å²) in [6.07, 6.45) is 3.46. The summed E-state index contributed by atoms with van der Waals surface area (Å²) >= 11 is 0. The lowest BCUT2D eigenvalue weighted by Gasteiger charge is -2.17. The maximum Gasteiger partial charge on any atom is 0.156 e. The van der Waals surface area contributed by atoms with E-state index in [0.717, 1.165) is 60.4 Å². The molecule has 0 aliphatic carbocycles. The molecule has 4 aromatic rings. The summed E-state index contributed by atoms with van der Waals surface area (Å²) in [5.41, 5.74) is 4.85. The zero-order chi connectivity index (χ0) is 22.1. The van der Waals surface area contributed by atoms with Crippen molar-refractivity contribution >= 4 is 28.8 Å². The standard InChI is InChI=1S/C11H11N5.C11H13NO.CH4O/c1-12-10-6-9(15-16-10)11-13-7-4-2-3-5-8(7)14-11;13-9-10-3-5-11(6-4-10)12-7-1-2-8-12;1-2/h2-6H,1H3,(H,13,14)(H2,12,15,16);3-6,9H,1-2,7-8H2;2H,1H3. The van der Waals surface area contributed by atoms with E-state index in [2.05, 4.69) is 30.4 Å². The Morgan fingerprint density at radius 2 is 1.77 bits per heavy atom. The number of carbonyl (C=O) groups excluding carboxylic acids is 1. The number of aliphatic hydroxyl groups is 1. The maximum absolute atomic E-state index is 10.4. The highest BCUT2D eigenvalue weighted by molar-refractivity contribution is 5.79. The van der Waals surface area contributed by atoms with Crippen LogP contribution in [0.25, 0.3) is 22.6 Å². The van der Waals surface area contributed by atoms with Crippen molar-refractivity contribution in [3.8, 4) is 11.5 Å². The van der Waals surface area contributed by atoms with Gasteiger partial charge in [0.15, 0.2) is 5.82 Å². The first-order valence-electron chi connectivity index (χ1n) is 10.2. The van der Waals surface area contributed by atoms with Gasteiger partial charge in [-0.15, -0.1) is 0 Å². The van der Waals surface area contributed by atoms with Crippen LogP contribution in [0.3, 0.4) is 0 Å². The minimum Gasteiger partial charge on any atom is -0.400 e. The third-order valence-electron chi connectivity index (χ3n) is 4.98. The number of hydrogen-bond acceptors (Lipinski definition) is 6. The molecule has 0 spiro atoms. The summed E-state index contributed by atoms with van der Waals surface area (Å²) in [7, 11) is 2.83. The van der Waals surface area contributed by atoms with Crippen molar-refractivity contribution in [1.29, 1.82) is 0 Å². The van der Waals surface area contributed by atoms with E-state index in [-0.39, 0.29) is 0 Å². The number of aliphatic hydroxyl groups excluding tert-OH is 1.